The zero-order chi connectivity index (χ0) is 51.7. The van der Waals surface area contributed by atoms with E-state index >= 15 is 0 Å². The molecule has 1 amide bonds. The average molecular weight is 1000 g/mol. The summed E-state index contributed by atoms with van der Waals surface area (Å²) in [4.78, 5) is 70.3. The molecule has 17 nitrogen and oxygen atoms in total. The maximum atomic E-state index is 14.6. The SMILES string of the molecule is CC[C@@H]1/C=C(\C)C[C@H](C)C[C@H](OC)[C@H]2O[C@@](O)(C(=O)C(=O)N3CCCC[C@H]3C(=O)O[C@H](/C(C)=C/[C@@H]3CC[C@@H](OP(=O)(OC)Oc4ccc(C(C)=O)cc4)[C@H](OC)C3)[C@H](C)C(O)CC1=O)[C@H](C)C[C@@H]2OC. The summed E-state index contributed by atoms with van der Waals surface area (Å²) in [6.45, 7) is 12.5. The smallest absolute Gasteiger partial charge is 0.456 e. The largest absolute Gasteiger partial charge is 0.530 e. The summed E-state index contributed by atoms with van der Waals surface area (Å²) >= 11 is 0. The van der Waals surface area contributed by atoms with Crippen LogP contribution in [0.15, 0.2) is 47.6 Å². The number of hydrogen-bond acceptors (Lipinski definition) is 16. The van der Waals surface area contributed by atoms with Gasteiger partial charge in [-0.3, -0.25) is 28.2 Å². The lowest BCUT2D eigenvalue weighted by molar-refractivity contribution is -0.302. The number of benzene rings is 1. The highest BCUT2D eigenvalue weighted by Crippen LogP contribution is 2.52. The number of phosphoric ester groups is 1. The Morgan fingerprint density at radius 2 is 1.54 bits per heavy atom. The number of Topliss-reactive ketones (excluding diaryl/α,β-unsaturated/α-hetero) is 3. The first-order chi connectivity index (χ1) is 33.1. The van der Waals surface area contributed by atoms with Gasteiger partial charge in [0.1, 0.15) is 29.8 Å². The number of methoxy groups -OCH3 is 3. The van der Waals surface area contributed by atoms with Crippen LogP contribution in [0.2, 0.25) is 0 Å². The first-order valence-corrected chi connectivity index (χ1v) is 26.3. The van der Waals surface area contributed by atoms with Gasteiger partial charge in [-0.15, -0.1) is 0 Å². The quantitative estimate of drug-likeness (QED) is 0.0679. The van der Waals surface area contributed by atoms with Crippen molar-refractivity contribution in [2.24, 2.45) is 29.6 Å². The number of cyclic esters (lactones) is 1. The fraction of sp³-hybridized carbons (Fsp3) is 0.712. The fourth-order valence-electron chi connectivity index (χ4n) is 10.6. The summed E-state index contributed by atoms with van der Waals surface area (Å²) in [5, 5.41) is 24.0. The first kappa shape index (κ1) is 57.3. The number of carbonyl (C=O) groups is 5. The Bertz CT molecular complexity index is 2090. The minimum absolute atomic E-state index is 0.00112. The number of phosphoric acid groups is 1. The van der Waals surface area contributed by atoms with E-state index in [1.807, 2.05) is 32.9 Å². The van der Waals surface area contributed by atoms with Crippen molar-refractivity contribution in [3.05, 3.63) is 53.1 Å². The number of ketones is 3. The Labute approximate surface area is 413 Å². The first-order valence-electron chi connectivity index (χ1n) is 24.9. The van der Waals surface area contributed by atoms with Crippen LogP contribution in [0.25, 0.3) is 0 Å². The summed E-state index contributed by atoms with van der Waals surface area (Å²) in [5.74, 6) is -8.07. The Morgan fingerprint density at radius 1 is 0.886 bits per heavy atom. The normalized spacial score (nSPS) is 36.4. The van der Waals surface area contributed by atoms with Gasteiger partial charge >= 0.3 is 13.8 Å². The van der Waals surface area contributed by atoms with Gasteiger partial charge in [0.25, 0.3) is 11.7 Å². The zero-order valence-electron chi connectivity index (χ0n) is 43.0. The number of ether oxygens (including phenoxy) is 5. The molecule has 1 saturated carbocycles. The van der Waals surface area contributed by atoms with Crippen LogP contribution < -0.4 is 4.52 Å². The van der Waals surface area contributed by atoms with Gasteiger partial charge in [-0.25, -0.2) is 9.36 Å². The minimum Gasteiger partial charge on any atom is -0.456 e. The van der Waals surface area contributed by atoms with Crippen molar-refractivity contribution in [1.82, 2.24) is 4.90 Å². The molecule has 3 aliphatic heterocycles. The van der Waals surface area contributed by atoms with Crippen LogP contribution in [-0.2, 0) is 56.5 Å². The molecular weight excluding hydrogens is 926 g/mol. The van der Waals surface area contributed by atoms with Gasteiger partial charge in [-0.2, -0.15) is 0 Å². The molecule has 5 rings (SSSR count). The summed E-state index contributed by atoms with van der Waals surface area (Å²) < 4.78 is 61.0. The number of rotatable bonds is 12. The van der Waals surface area contributed by atoms with E-state index in [0.29, 0.717) is 62.5 Å². The second-order valence-electron chi connectivity index (χ2n) is 20.0. The molecule has 0 radical (unpaired) electrons. The van der Waals surface area contributed by atoms with Crippen LogP contribution in [-0.4, -0.2) is 134 Å². The van der Waals surface area contributed by atoms with Crippen molar-refractivity contribution in [3.63, 3.8) is 0 Å². The Morgan fingerprint density at radius 3 is 2.16 bits per heavy atom. The lowest BCUT2D eigenvalue weighted by Gasteiger charge is -2.47. The summed E-state index contributed by atoms with van der Waals surface area (Å²) in [7, 11) is 1.62. The molecule has 2 N–H and O–H groups in total. The Kier molecular flexibility index (Phi) is 20.7. The fourth-order valence-corrected chi connectivity index (χ4v) is 11.8. The number of allylic oxidation sites excluding steroid dienone is 3. The van der Waals surface area contributed by atoms with Gasteiger partial charge in [0.05, 0.1) is 30.5 Å². The van der Waals surface area contributed by atoms with Crippen LogP contribution >= 0.6 is 7.82 Å². The topological polar surface area (TPSA) is 220 Å². The van der Waals surface area contributed by atoms with Crippen LogP contribution in [0.1, 0.15) is 129 Å². The zero-order valence-corrected chi connectivity index (χ0v) is 43.9. The maximum absolute atomic E-state index is 14.6. The van der Waals surface area contributed by atoms with Crippen molar-refractivity contribution < 1.29 is 76.0 Å². The molecule has 0 spiro atoms. The van der Waals surface area contributed by atoms with Gasteiger partial charge in [0.2, 0.25) is 5.79 Å². The third-order valence-corrected chi connectivity index (χ3v) is 16.2. The molecule has 4 aliphatic rings. The number of aliphatic hydroxyl groups is 2. The highest BCUT2D eigenvalue weighted by molar-refractivity contribution is 7.48. The predicted octanol–water partition coefficient (Wildman–Crippen LogP) is 7.53. The van der Waals surface area contributed by atoms with E-state index in [9.17, 15) is 38.8 Å². The molecule has 2 saturated heterocycles. The standard InChI is InChI=1S/C52H78NO16P/c1-12-37-24-30(2)23-31(3)25-45(63-9)48-46(64-10)27-33(5)52(60,67-48)49(57)50(58)53-22-14-13-15-40(53)51(59)66-47(34(6)41(55)29-42(37)56)32(4)26-36-16-21-43(44(28-36)62-8)69-70(61,65-11)68-39-19-17-38(18-20-39)35(7)54/h17-20,24,26,31,33-34,36-37,40-41,43-48,55,60H,12-16,21-23,25,27-29H2,1-11H3/b30-24+,32-26+/t31-,33+,34+,36-,37+,40-,41?,43+,44+,45-,46-,47+,48+,52+,70?/m0/s1. The number of aliphatic hydroxyl groups excluding tert-OH is 1. The van der Waals surface area contributed by atoms with Crippen molar-refractivity contribution in [3.8, 4) is 5.75 Å². The molecule has 15 atom stereocenters. The highest BCUT2D eigenvalue weighted by Gasteiger charge is 2.57. The second kappa shape index (κ2) is 25.3. The van der Waals surface area contributed by atoms with Crippen LogP contribution in [0, 0.1) is 29.6 Å². The van der Waals surface area contributed by atoms with Crippen molar-refractivity contribution in [2.45, 2.75) is 174 Å². The van der Waals surface area contributed by atoms with Gasteiger partial charge < -0.3 is 43.3 Å². The molecule has 0 aromatic heterocycles. The Balaban J connectivity index is 1.45. The van der Waals surface area contributed by atoms with E-state index in [1.165, 1.54) is 47.5 Å². The number of nitrogens with zero attached hydrogens (tertiary/aromatic N) is 1. The van der Waals surface area contributed by atoms with E-state index in [2.05, 4.69) is 0 Å². The number of amides is 1. The van der Waals surface area contributed by atoms with Gasteiger partial charge in [0, 0.05) is 64.7 Å². The lowest BCUT2D eigenvalue weighted by Crippen LogP contribution is -2.64. The van der Waals surface area contributed by atoms with Gasteiger partial charge in [0.15, 0.2) is 5.78 Å². The predicted molar refractivity (Wildman–Crippen MR) is 259 cm³/mol. The van der Waals surface area contributed by atoms with Crippen LogP contribution in [0.3, 0.4) is 0 Å². The lowest BCUT2D eigenvalue weighted by atomic mass is 9.81. The molecule has 3 heterocycles. The minimum atomic E-state index is -4.15. The van der Waals surface area contributed by atoms with Gasteiger partial charge in [-0.05, 0) is 127 Å². The third-order valence-electron chi connectivity index (χ3n) is 14.8. The summed E-state index contributed by atoms with van der Waals surface area (Å²) in [6.07, 6.45) is 2.17. The number of hydrogen-bond donors (Lipinski definition) is 2. The number of carbonyl (C=O) groups excluding carboxylic acids is 5. The molecule has 1 aromatic carbocycles. The molecule has 1 aromatic rings. The van der Waals surface area contributed by atoms with Crippen molar-refractivity contribution in [1.29, 1.82) is 0 Å². The van der Waals surface area contributed by atoms with Crippen molar-refractivity contribution >= 4 is 37.0 Å². The number of esters is 1. The average Bonchev–Trinajstić information content (AvgIpc) is 3.34. The molecule has 18 heteroatoms. The molecule has 2 unspecified atom stereocenters. The molecule has 2 bridgehead atoms. The summed E-state index contributed by atoms with van der Waals surface area (Å²) in [6, 6.07) is 4.91. The van der Waals surface area contributed by atoms with E-state index in [0.717, 1.165) is 10.5 Å². The molecule has 70 heavy (non-hydrogen) atoms. The van der Waals surface area contributed by atoms with E-state index < -0.39 is 97.8 Å². The Hall–Kier alpha value is -3.64. The van der Waals surface area contributed by atoms with E-state index in [-0.39, 0.29) is 55.0 Å². The monoisotopic (exact) mass is 1000 g/mol. The van der Waals surface area contributed by atoms with E-state index in [1.54, 1.807) is 32.9 Å². The second-order valence-corrected chi connectivity index (χ2v) is 21.7. The van der Waals surface area contributed by atoms with Crippen LogP contribution in [0.5, 0.6) is 5.75 Å². The maximum Gasteiger partial charge on any atom is 0.530 e. The highest BCUT2D eigenvalue weighted by atomic mass is 31.2. The van der Waals surface area contributed by atoms with Gasteiger partial charge in [-0.1, -0.05) is 45.4 Å². The summed E-state index contributed by atoms with van der Waals surface area (Å²) in [5.41, 5.74) is 2.00. The molecular formula is C52H78NO16P. The van der Waals surface area contributed by atoms with E-state index in [4.69, 9.17) is 37.3 Å². The van der Waals surface area contributed by atoms with Crippen LogP contribution in [0.4, 0.5) is 0 Å². The number of fused-ring (bicyclic) bond motifs is 3. The van der Waals surface area contributed by atoms with Crippen molar-refractivity contribution in [2.75, 3.05) is 35.0 Å². The molecule has 392 valence electrons. The molecule has 1 aliphatic carbocycles. The molecule has 3 fully saturated rings. The number of piperidine rings is 1. The third kappa shape index (κ3) is 13.9.